The quantitative estimate of drug-likeness (QED) is 0.749. The molecular formula is C12H14O2. The van der Waals surface area contributed by atoms with Crippen LogP contribution in [0.5, 0.6) is 0 Å². The van der Waals surface area contributed by atoms with Crippen LogP contribution >= 0.6 is 0 Å². The molecule has 0 amide bonds. The number of hydrogen-bond acceptors (Lipinski definition) is 2. The minimum Gasteiger partial charge on any atom is -0.458 e. The first kappa shape index (κ1) is 9.28. The molecule has 2 rings (SSSR count). The average Bonchev–Trinajstić information content (AvgIpc) is 2.57. The van der Waals surface area contributed by atoms with Gasteiger partial charge >= 0.3 is 0 Å². The molecule has 74 valence electrons. The Balaban J connectivity index is 2.75. The summed E-state index contributed by atoms with van der Waals surface area (Å²) in [6, 6.07) is 6.02. The number of benzene rings is 1. The van der Waals surface area contributed by atoms with Gasteiger partial charge in [0.15, 0.2) is 0 Å². The fourth-order valence-corrected chi connectivity index (χ4v) is 1.62. The molecule has 0 aliphatic carbocycles. The number of aliphatic hydroxyl groups is 1. The highest BCUT2D eigenvalue weighted by molar-refractivity contribution is 5.84. The van der Waals surface area contributed by atoms with E-state index >= 15 is 0 Å². The van der Waals surface area contributed by atoms with Gasteiger partial charge in [0, 0.05) is 5.39 Å². The minimum atomic E-state index is -0.541. The van der Waals surface area contributed by atoms with Crippen LogP contribution in [0.25, 0.3) is 11.0 Å². The van der Waals surface area contributed by atoms with E-state index in [0.717, 1.165) is 16.5 Å². The zero-order chi connectivity index (χ0) is 10.3. The SMILES string of the molecule is Cc1ccc(C)c2oc(C(C)O)cc12. The molecule has 0 saturated heterocycles. The van der Waals surface area contributed by atoms with E-state index in [1.165, 1.54) is 5.56 Å². The van der Waals surface area contributed by atoms with Crippen molar-refractivity contribution in [3.05, 3.63) is 35.1 Å². The first-order valence-corrected chi connectivity index (χ1v) is 4.77. The van der Waals surface area contributed by atoms with E-state index in [0.29, 0.717) is 5.76 Å². The van der Waals surface area contributed by atoms with Gasteiger partial charge in [-0.15, -0.1) is 0 Å². The van der Waals surface area contributed by atoms with Crippen LogP contribution < -0.4 is 0 Å². The van der Waals surface area contributed by atoms with Crippen LogP contribution in [0.1, 0.15) is 29.9 Å². The summed E-state index contributed by atoms with van der Waals surface area (Å²) in [5.41, 5.74) is 3.18. The van der Waals surface area contributed by atoms with E-state index in [1.54, 1.807) is 6.92 Å². The summed E-state index contributed by atoms with van der Waals surface area (Å²) in [6.07, 6.45) is -0.541. The Labute approximate surface area is 83.2 Å². The number of aryl methyl sites for hydroxylation is 2. The molecular weight excluding hydrogens is 176 g/mol. The molecule has 2 nitrogen and oxygen atoms in total. The fourth-order valence-electron chi connectivity index (χ4n) is 1.62. The third-order valence-corrected chi connectivity index (χ3v) is 2.53. The Morgan fingerprint density at radius 3 is 2.43 bits per heavy atom. The van der Waals surface area contributed by atoms with Crippen LogP contribution in [-0.2, 0) is 0 Å². The minimum absolute atomic E-state index is 0.541. The van der Waals surface area contributed by atoms with Gasteiger partial charge in [0.25, 0.3) is 0 Å². The molecule has 14 heavy (non-hydrogen) atoms. The molecule has 0 radical (unpaired) electrons. The largest absolute Gasteiger partial charge is 0.458 e. The van der Waals surface area contributed by atoms with Crippen molar-refractivity contribution in [2.24, 2.45) is 0 Å². The summed E-state index contributed by atoms with van der Waals surface area (Å²) < 4.78 is 5.59. The lowest BCUT2D eigenvalue weighted by molar-refractivity contribution is 0.172. The van der Waals surface area contributed by atoms with Gasteiger partial charge in [0.2, 0.25) is 0 Å². The lowest BCUT2D eigenvalue weighted by atomic mass is 10.1. The van der Waals surface area contributed by atoms with Gasteiger partial charge in [0.1, 0.15) is 17.4 Å². The summed E-state index contributed by atoms with van der Waals surface area (Å²) in [4.78, 5) is 0. The number of rotatable bonds is 1. The topological polar surface area (TPSA) is 33.4 Å². The molecule has 0 fully saturated rings. The number of fused-ring (bicyclic) bond motifs is 1. The molecule has 1 N–H and O–H groups in total. The van der Waals surface area contributed by atoms with E-state index in [9.17, 15) is 5.11 Å². The average molecular weight is 190 g/mol. The number of furan rings is 1. The third kappa shape index (κ3) is 1.32. The highest BCUT2D eigenvalue weighted by atomic mass is 16.4. The van der Waals surface area contributed by atoms with Crippen molar-refractivity contribution in [3.63, 3.8) is 0 Å². The van der Waals surface area contributed by atoms with Crippen molar-refractivity contribution in [3.8, 4) is 0 Å². The maximum Gasteiger partial charge on any atom is 0.137 e. The summed E-state index contributed by atoms with van der Waals surface area (Å²) >= 11 is 0. The molecule has 0 bridgehead atoms. The lowest BCUT2D eigenvalue weighted by Gasteiger charge is -1.97. The van der Waals surface area contributed by atoms with Crippen LogP contribution in [0.4, 0.5) is 0 Å². The van der Waals surface area contributed by atoms with Crippen LogP contribution in [0.3, 0.4) is 0 Å². The molecule has 1 heterocycles. The van der Waals surface area contributed by atoms with Gasteiger partial charge in [-0.3, -0.25) is 0 Å². The van der Waals surface area contributed by atoms with Gasteiger partial charge < -0.3 is 9.52 Å². The smallest absolute Gasteiger partial charge is 0.137 e. The molecule has 0 aliphatic heterocycles. The van der Waals surface area contributed by atoms with E-state index in [4.69, 9.17) is 4.42 Å². The van der Waals surface area contributed by atoms with Crippen LogP contribution in [0.2, 0.25) is 0 Å². The molecule has 2 heteroatoms. The molecule has 1 atom stereocenters. The van der Waals surface area contributed by atoms with Crippen LogP contribution in [0, 0.1) is 13.8 Å². The van der Waals surface area contributed by atoms with Crippen molar-refractivity contribution in [2.75, 3.05) is 0 Å². The maximum atomic E-state index is 9.41. The van der Waals surface area contributed by atoms with E-state index in [1.807, 2.05) is 26.0 Å². The Bertz CT molecular complexity index is 427. The Hall–Kier alpha value is -1.28. The van der Waals surface area contributed by atoms with Gasteiger partial charge in [-0.2, -0.15) is 0 Å². The van der Waals surface area contributed by atoms with Gasteiger partial charge in [0.05, 0.1) is 0 Å². The second-order valence-electron chi connectivity index (χ2n) is 3.77. The van der Waals surface area contributed by atoms with Gasteiger partial charge in [-0.05, 0) is 38.0 Å². The van der Waals surface area contributed by atoms with Crippen molar-refractivity contribution >= 4 is 11.0 Å². The van der Waals surface area contributed by atoms with E-state index < -0.39 is 6.10 Å². The van der Waals surface area contributed by atoms with Crippen molar-refractivity contribution in [2.45, 2.75) is 26.9 Å². The lowest BCUT2D eigenvalue weighted by Crippen LogP contribution is -1.85. The summed E-state index contributed by atoms with van der Waals surface area (Å²) in [6.45, 7) is 5.77. The zero-order valence-electron chi connectivity index (χ0n) is 8.66. The maximum absolute atomic E-state index is 9.41. The molecule has 0 spiro atoms. The zero-order valence-corrected chi connectivity index (χ0v) is 8.66. The molecule has 1 aromatic carbocycles. The number of aliphatic hydroxyl groups excluding tert-OH is 1. The monoisotopic (exact) mass is 190 g/mol. The Kier molecular flexibility index (Phi) is 2.08. The Morgan fingerprint density at radius 1 is 1.21 bits per heavy atom. The first-order chi connectivity index (χ1) is 6.59. The van der Waals surface area contributed by atoms with E-state index in [-0.39, 0.29) is 0 Å². The molecule has 1 aromatic heterocycles. The molecule has 1 unspecified atom stereocenters. The predicted octanol–water partition coefficient (Wildman–Crippen LogP) is 3.10. The highest BCUT2D eigenvalue weighted by Crippen LogP contribution is 2.28. The van der Waals surface area contributed by atoms with Crippen LogP contribution in [-0.4, -0.2) is 5.11 Å². The summed E-state index contributed by atoms with van der Waals surface area (Å²) in [7, 11) is 0. The number of hydrogen-bond donors (Lipinski definition) is 1. The molecule has 0 saturated carbocycles. The molecule has 2 aromatic rings. The second-order valence-corrected chi connectivity index (χ2v) is 3.77. The summed E-state index contributed by atoms with van der Waals surface area (Å²) in [5, 5.41) is 10.5. The molecule has 0 aliphatic rings. The van der Waals surface area contributed by atoms with Crippen LogP contribution in [0.15, 0.2) is 22.6 Å². The predicted molar refractivity (Wildman–Crippen MR) is 56.3 cm³/mol. The third-order valence-electron chi connectivity index (χ3n) is 2.53. The van der Waals surface area contributed by atoms with Crippen molar-refractivity contribution < 1.29 is 9.52 Å². The van der Waals surface area contributed by atoms with Crippen molar-refractivity contribution in [1.29, 1.82) is 0 Å². The summed E-state index contributed by atoms with van der Waals surface area (Å²) in [5.74, 6) is 0.636. The Morgan fingerprint density at radius 2 is 1.86 bits per heavy atom. The normalized spacial score (nSPS) is 13.4. The van der Waals surface area contributed by atoms with Gasteiger partial charge in [-0.25, -0.2) is 0 Å². The highest BCUT2D eigenvalue weighted by Gasteiger charge is 2.11. The van der Waals surface area contributed by atoms with Crippen molar-refractivity contribution in [1.82, 2.24) is 0 Å². The standard InChI is InChI=1S/C12H14O2/c1-7-4-5-8(2)12-10(7)6-11(14-12)9(3)13/h4-6,9,13H,1-3H3. The van der Waals surface area contributed by atoms with E-state index in [2.05, 4.69) is 6.07 Å². The fraction of sp³-hybridized carbons (Fsp3) is 0.333. The second kappa shape index (κ2) is 3.14. The van der Waals surface area contributed by atoms with Gasteiger partial charge in [-0.1, -0.05) is 12.1 Å². The first-order valence-electron chi connectivity index (χ1n) is 4.77.